The molecule has 2 aromatic carbocycles. The second-order valence-electron chi connectivity index (χ2n) is 8.00. The number of rotatable bonds is 9. The van der Waals surface area contributed by atoms with E-state index in [0.29, 0.717) is 24.4 Å². The van der Waals surface area contributed by atoms with Gasteiger partial charge >= 0.3 is 5.69 Å². The molecule has 4 aromatic rings. The highest BCUT2D eigenvalue weighted by molar-refractivity contribution is 6.03. The second kappa shape index (κ2) is 10.3. The van der Waals surface area contributed by atoms with Gasteiger partial charge in [0.2, 0.25) is 5.91 Å². The number of benzene rings is 2. The maximum atomic E-state index is 13.4. The minimum Gasteiger partial charge on any atom is -0.383 e. The predicted octanol–water partition coefficient (Wildman–Crippen LogP) is 1.90. The van der Waals surface area contributed by atoms with Gasteiger partial charge in [0.1, 0.15) is 6.54 Å². The molecule has 180 valence electrons. The van der Waals surface area contributed by atoms with Crippen molar-refractivity contribution in [1.29, 1.82) is 0 Å². The minimum absolute atomic E-state index is 0.173. The van der Waals surface area contributed by atoms with Crippen LogP contribution in [0.3, 0.4) is 0 Å². The second-order valence-corrected chi connectivity index (χ2v) is 8.00. The Morgan fingerprint density at radius 1 is 1.00 bits per heavy atom. The van der Waals surface area contributed by atoms with Gasteiger partial charge in [-0.15, -0.1) is 0 Å². The molecular formula is C25H25N5O5. The molecule has 0 aliphatic rings. The van der Waals surface area contributed by atoms with Crippen molar-refractivity contribution in [3.63, 3.8) is 0 Å². The average Bonchev–Trinajstić information content (AvgIpc) is 3.28. The predicted molar refractivity (Wildman–Crippen MR) is 131 cm³/mol. The van der Waals surface area contributed by atoms with E-state index in [9.17, 15) is 19.2 Å². The fraction of sp³-hybridized carbons (Fsp3) is 0.240. The zero-order valence-electron chi connectivity index (χ0n) is 19.4. The zero-order valence-corrected chi connectivity index (χ0v) is 19.4. The van der Waals surface area contributed by atoms with Crippen LogP contribution in [0.5, 0.6) is 0 Å². The molecule has 2 aromatic heterocycles. The summed E-state index contributed by atoms with van der Waals surface area (Å²) in [6.07, 6.45) is 1.49. The van der Waals surface area contributed by atoms with E-state index in [1.54, 1.807) is 35.9 Å². The molecule has 0 fully saturated rings. The minimum atomic E-state index is -0.654. The van der Waals surface area contributed by atoms with E-state index in [1.165, 1.54) is 17.8 Å². The maximum Gasteiger partial charge on any atom is 0.333 e. The standard InChI is InChI=1S/C25H25N5O5/c1-17(31)19-10-6-7-11-20(19)27-21(32)15-30-24(33)22-23(26-16-28(22)12-13-35-2)29(25(30)34)14-18-8-4-3-5-9-18/h3-11,16H,12-15H2,1-2H3,(H,27,32). The molecular weight excluding hydrogens is 450 g/mol. The van der Waals surface area contributed by atoms with E-state index in [1.807, 2.05) is 30.3 Å². The lowest BCUT2D eigenvalue weighted by Gasteiger charge is -2.13. The van der Waals surface area contributed by atoms with Crippen molar-refractivity contribution < 1.29 is 14.3 Å². The van der Waals surface area contributed by atoms with Crippen LogP contribution in [0.4, 0.5) is 5.69 Å². The van der Waals surface area contributed by atoms with Crippen LogP contribution >= 0.6 is 0 Å². The number of ketones is 1. The summed E-state index contributed by atoms with van der Waals surface area (Å²) in [5.41, 5.74) is 0.647. The van der Waals surface area contributed by atoms with E-state index >= 15 is 0 Å². The first-order chi connectivity index (χ1) is 16.9. The van der Waals surface area contributed by atoms with Crippen molar-refractivity contribution in [3.8, 4) is 0 Å². The van der Waals surface area contributed by atoms with Gasteiger partial charge in [0.15, 0.2) is 16.9 Å². The Morgan fingerprint density at radius 3 is 2.43 bits per heavy atom. The fourth-order valence-electron chi connectivity index (χ4n) is 3.88. The summed E-state index contributed by atoms with van der Waals surface area (Å²) in [7, 11) is 1.55. The number of carbonyl (C=O) groups excluding carboxylic acids is 2. The maximum absolute atomic E-state index is 13.4. The van der Waals surface area contributed by atoms with Gasteiger partial charge < -0.3 is 14.6 Å². The molecule has 0 radical (unpaired) electrons. The van der Waals surface area contributed by atoms with Crippen LogP contribution in [-0.2, 0) is 29.2 Å². The monoisotopic (exact) mass is 475 g/mol. The largest absolute Gasteiger partial charge is 0.383 e. The lowest BCUT2D eigenvalue weighted by atomic mass is 10.1. The molecule has 35 heavy (non-hydrogen) atoms. The summed E-state index contributed by atoms with van der Waals surface area (Å²) in [6.45, 7) is 1.73. The third kappa shape index (κ3) is 4.97. The summed E-state index contributed by atoms with van der Waals surface area (Å²) in [6, 6.07) is 15.9. The Kier molecular flexibility index (Phi) is 7.02. The van der Waals surface area contributed by atoms with Gasteiger partial charge in [-0.3, -0.25) is 19.0 Å². The topological polar surface area (TPSA) is 117 Å². The van der Waals surface area contributed by atoms with Gasteiger partial charge in [0.05, 0.1) is 25.2 Å². The highest BCUT2D eigenvalue weighted by atomic mass is 16.5. The Bertz CT molecular complexity index is 1500. The van der Waals surface area contributed by atoms with Crippen LogP contribution in [0, 0.1) is 0 Å². The fourth-order valence-corrected chi connectivity index (χ4v) is 3.88. The van der Waals surface area contributed by atoms with Crippen molar-refractivity contribution in [2.45, 2.75) is 26.6 Å². The Balaban J connectivity index is 1.78. The van der Waals surface area contributed by atoms with Gasteiger partial charge in [-0.1, -0.05) is 42.5 Å². The molecule has 0 spiro atoms. The number of fused-ring (bicyclic) bond motifs is 1. The third-order valence-electron chi connectivity index (χ3n) is 5.59. The molecule has 1 amide bonds. The molecule has 1 N–H and O–H groups in total. The van der Waals surface area contributed by atoms with Crippen molar-refractivity contribution in [3.05, 3.63) is 92.9 Å². The first kappa shape index (κ1) is 23.8. The van der Waals surface area contributed by atoms with Crippen LogP contribution < -0.4 is 16.6 Å². The molecule has 0 aliphatic heterocycles. The number of amides is 1. The first-order valence-corrected chi connectivity index (χ1v) is 11.0. The Hall–Kier alpha value is -4.31. The lowest BCUT2D eigenvalue weighted by Crippen LogP contribution is -2.43. The molecule has 4 rings (SSSR count). The zero-order chi connectivity index (χ0) is 24.9. The van der Waals surface area contributed by atoms with E-state index in [-0.39, 0.29) is 23.5 Å². The molecule has 0 unspecified atom stereocenters. The van der Waals surface area contributed by atoms with E-state index in [4.69, 9.17) is 4.74 Å². The van der Waals surface area contributed by atoms with Gasteiger partial charge in [0.25, 0.3) is 5.56 Å². The summed E-state index contributed by atoms with van der Waals surface area (Å²) < 4.78 is 9.01. The smallest absolute Gasteiger partial charge is 0.333 e. The van der Waals surface area contributed by atoms with Crippen molar-refractivity contribution in [2.24, 2.45) is 0 Å². The van der Waals surface area contributed by atoms with Crippen molar-refractivity contribution in [2.75, 3.05) is 19.0 Å². The van der Waals surface area contributed by atoms with E-state index < -0.39 is 23.7 Å². The van der Waals surface area contributed by atoms with E-state index in [0.717, 1.165) is 10.1 Å². The van der Waals surface area contributed by atoms with Crippen LogP contribution in [0.25, 0.3) is 11.2 Å². The number of methoxy groups -OCH3 is 1. The number of anilines is 1. The highest BCUT2D eigenvalue weighted by Crippen LogP contribution is 2.15. The van der Waals surface area contributed by atoms with Crippen molar-refractivity contribution >= 4 is 28.5 Å². The van der Waals surface area contributed by atoms with Crippen molar-refractivity contribution in [1.82, 2.24) is 18.7 Å². The number of carbonyl (C=O) groups is 2. The number of hydrogen-bond acceptors (Lipinski definition) is 6. The summed E-state index contributed by atoms with van der Waals surface area (Å²) in [5.74, 6) is -0.821. The van der Waals surface area contributed by atoms with Gasteiger partial charge in [-0.2, -0.15) is 0 Å². The lowest BCUT2D eigenvalue weighted by molar-refractivity contribution is -0.116. The number of imidazole rings is 1. The number of hydrogen-bond donors (Lipinski definition) is 1. The molecule has 0 aliphatic carbocycles. The SMILES string of the molecule is COCCn1cnc2c1c(=O)n(CC(=O)Nc1ccccc1C(C)=O)c(=O)n2Cc1ccccc1. The van der Waals surface area contributed by atoms with Gasteiger partial charge in [0, 0.05) is 19.2 Å². The molecule has 0 bridgehead atoms. The van der Waals surface area contributed by atoms with Crippen LogP contribution in [-0.4, -0.2) is 44.1 Å². The van der Waals surface area contributed by atoms with Crippen LogP contribution in [0.15, 0.2) is 70.5 Å². The summed E-state index contributed by atoms with van der Waals surface area (Å²) >= 11 is 0. The van der Waals surface area contributed by atoms with Gasteiger partial charge in [-0.25, -0.2) is 14.3 Å². The Morgan fingerprint density at radius 2 is 1.71 bits per heavy atom. The summed E-state index contributed by atoms with van der Waals surface area (Å²) in [5, 5.41) is 2.64. The number of para-hydroxylation sites is 1. The molecule has 0 saturated carbocycles. The highest BCUT2D eigenvalue weighted by Gasteiger charge is 2.20. The first-order valence-electron chi connectivity index (χ1n) is 11.0. The number of nitrogens with zero attached hydrogens (tertiary/aromatic N) is 4. The van der Waals surface area contributed by atoms with Crippen LogP contribution in [0.2, 0.25) is 0 Å². The number of nitrogens with one attached hydrogen (secondary N) is 1. The Labute approximate surface area is 200 Å². The number of ether oxygens (including phenoxy) is 1. The quantitative estimate of drug-likeness (QED) is 0.370. The molecule has 2 heterocycles. The molecule has 10 nitrogen and oxygen atoms in total. The average molecular weight is 476 g/mol. The normalized spacial score (nSPS) is 11.0. The number of aromatic nitrogens is 4. The molecule has 10 heteroatoms. The number of Topliss-reactive ketones (excluding diaryl/α,β-unsaturated/α-hetero) is 1. The third-order valence-corrected chi connectivity index (χ3v) is 5.59. The van der Waals surface area contributed by atoms with E-state index in [2.05, 4.69) is 10.3 Å². The van der Waals surface area contributed by atoms with Crippen LogP contribution in [0.1, 0.15) is 22.8 Å². The summed E-state index contributed by atoms with van der Waals surface area (Å²) in [4.78, 5) is 55.9. The molecule has 0 atom stereocenters. The molecule has 0 saturated heterocycles. The van der Waals surface area contributed by atoms with Gasteiger partial charge in [-0.05, 0) is 24.6 Å².